The summed E-state index contributed by atoms with van der Waals surface area (Å²) in [6.07, 6.45) is 1.86. The van der Waals surface area contributed by atoms with E-state index in [9.17, 15) is 0 Å². The van der Waals surface area contributed by atoms with Gasteiger partial charge in [0, 0.05) is 39.0 Å². The molecule has 0 spiro atoms. The fraction of sp³-hybridized carbons (Fsp3) is 0. The molecule has 6 aromatic carbocycles. The standard InChI is InChI=1S/C38H22N4O/c1-2-10-25(11-3-1)36-40-37(42-38(41-36)29-14-8-16-33-35(29)28-13-6-7-15-32(28)43-33)26-21-30-31(39-22-26)20-19-24-18-17-23-9-4-5-12-27(23)34(24)30/h1-22H. The molecular weight excluding hydrogens is 528 g/mol. The Morgan fingerprint density at radius 3 is 2.05 bits per heavy atom. The van der Waals surface area contributed by atoms with Crippen LogP contribution >= 0.6 is 0 Å². The Hall–Kier alpha value is -5.94. The maximum absolute atomic E-state index is 6.19. The van der Waals surface area contributed by atoms with E-state index in [2.05, 4.69) is 66.7 Å². The monoisotopic (exact) mass is 550 g/mol. The molecule has 0 aliphatic carbocycles. The van der Waals surface area contributed by atoms with Crippen molar-refractivity contribution in [2.75, 3.05) is 0 Å². The second-order valence-electron chi connectivity index (χ2n) is 10.7. The number of pyridine rings is 1. The van der Waals surface area contributed by atoms with Crippen molar-refractivity contribution in [2.24, 2.45) is 0 Å². The van der Waals surface area contributed by atoms with Crippen LogP contribution in [0.1, 0.15) is 0 Å². The molecule has 0 saturated heterocycles. The largest absolute Gasteiger partial charge is 0.456 e. The third kappa shape index (κ3) is 3.79. The van der Waals surface area contributed by atoms with Gasteiger partial charge in [-0.05, 0) is 45.8 Å². The molecular formula is C38H22N4O. The van der Waals surface area contributed by atoms with Crippen LogP contribution in [0.4, 0.5) is 0 Å². The molecule has 0 fully saturated rings. The first kappa shape index (κ1) is 23.7. The quantitative estimate of drug-likeness (QED) is 0.205. The van der Waals surface area contributed by atoms with Gasteiger partial charge in [0.05, 0.1) is 5.52 Å². The minimum atomic E-state index is 0.570. The van der Waals surface area contributed by atoms with Gasteiger partial charge in [-0.15, -0.1) is 0 Å². The predicted molar refractivity (Wildman–Crippen MR) is 174 cm³/mol. The minimum absolute atomic E-state index is 0.570. The predicted octanol–water partition coefficient (Wildman–Crippen LogP) is 9.63. The van der Waals surface area contributed by atoms with Gasteiger partial charge in [-0.25, -0.2) is 15.0 Å². The molecule has 5 nitrogen and oxygen atoms in total. The van der Waals surface area contributed by atoms with Crippen molar-refractivity contribution in [1.29, 1.82) is 0 Å². The first-order chi connectivity index (χ1) is 21.3. The number of rotatable bonds is 3. The smallest absolute Gasteiger partial charge is 0.165 e. The highest BCUT2D eigenvalue weighted by Gasteiger charge is 2.18. The summed E-state index contributed by atoms with van der Waals surface area (Å²) in [6, 6.07) is 43.3. The first-order valence-electron chi connectivity index (χ1n) is 14.2. The van der Waals surface area contributed by atoms with Crippen molar-refractivity contribution in [3.05, 3.63) is 134 Å². The van der Waals surface area contributed by atoms with Crippen LogP contribution in [0.15, 0.2) is 138 Å². The van der Waals surface area contributed by atoms with Gasteiger partial charge >= 0.3 is 0 Å². The zero-order valence-electron chi connectivity index (χ0n) is 22.9. The van der Waals surface area contributed by atoms with Gasteiger partial charge in [0.1, 0.15) is 11.2 Å². The van der Waals surface area contributed by atoms with E-state index in [4.69, 9.17) is 24.4 Å². The lowest BCUT2D eigenvalue weighted by molar-refractivity contribution is 0.669. The number of hydrogen-bond donors (Lipinski definition) is 0. The van der Waals surface area contributed by atoms with Crippen molar-refractivity contribution in [3.63, 3.8) is 0 Å². The van der Waals surface area contributed by atoms with Gasteiger partial charge < -0.3 is 4.42 Å². The number of hydrogen-bond acceptors (Lipinski definition) is 5. The van der Waals surface area contributed by atoms with Crippen LogP contribution in [-0.2, 0) is 0 Å². The number of furan rings is 1. The van der Waals surface area contributed by atoms with Crippen LogP contribution in [0, 0.1) is 0 Å². The summed E-state index contributed by atoms with van der Waals surface area (Å²) < 4.78 is 6.19. The molecule has 9 rings (SSSR count). The van der Waals surface area contributed by atoms with Crippen LogP contribution in [0.25, 0.3) is 88.5 Å². The molecule has 0 radical (unpaired) electrons. The molecule has 0 aliphatic heterocycles. The summed E-state index contributed by atoms with van der Waals surface area (Å²) >= 11 is 0. The topological polar surface area (TPSA) is 64.7 Å². The summed E-state index contributed by atoms with van der Waals surface area (Å²) in [4.78, 5) is 20.0. The van der Waals surface area contributed by atoms with Crippen molar-refractivity contribution >= 4 is 54.4 Å². The molecule has 0 aliphatic rings. The summed E-state index contributed by atoms with van der Waals surface area (Å²) in [5.74, 6) is 1.76. The molecule has 43 heavy (non-hydrogen) atoms. The van der Waals surface area contributed by atoms with Gasteiger partial charge in [-0.2, -0.15) is 0 Å². The van der Waals surface area contributed by atoms with E-state index in [1.807, 2.05) is 66.9 Å². The Labute approximate surface area is 246 Å². The zero-order valence-corrected chi connectivity index (χ0v) is 22.9. The average Bonchev–Trinajstić information content (AvgIpc) is 3.47. The van der Waals surface area contributed by atoms with Crippen molar-refractivity contribution in [2.45, 2.75) is 0 Å². The van der Waals surface area contributed by atoms with Crippen LogP contribution in [-0.4, -0.2) is 19.9 Å². The second-order valence-corrected chi connectivity index (χ2v) is 10.7. The number of nitrogens with zero attached hydrogens (tertiary/aromatic N) is 4. The lowest BCUT2D eigenvalue weighted by atomic mass is 9.97. The normalized spacial score (nSPS) is 11.7. The summed E-state index contributed by atoms with van der Waals surface area (Å²) in [5, 5.41) is 7.83. The molecule has 0 amide bonds. The summed E-state index contributed by atoms with van der Waals surface area (Å²) in [6.45, 7) is 0. The third-order valence-electron chi connectivity index (χ3n) is 8.14. The Balaban J connectivity index is 1.33. The first-order valence-corrected chi connectivity index (χ1v) is 14.2. The Kier molecular flexibility index (Phi) is 5.13. The van der Waals surface area contributed by atoms with Crippen molar-refractivity contribution in [1.82, 2.24) is 19.9 Å². The zero-order chi connectivity index (χ0) is 28.3. The van der Waals surface area contributed by atoms with E-state index in [0.29, 0.717) is 17.5 Å². The second kappa shape index (κ2) is 9.29. The maximum Gasteiger partial charge on any atom is 0.165 e. The maximum atomic E-state index is 6.19. The molecule has 3 aromatic heterocycles. The number of aromatic nitrogens is 4. The van der Waals surface area contributed by atoms with E-state index in [1.54, 1.807) is 0 Å². The lowest BCUT2D eigenvalue weighted by Crippen LogP contribution is -2.00. The number of benzene rings is 6. The number of fused-ring (bicyclic) bond motifs is 8. The van der Waals surface area contributed by atoms with Crippen molar-refractivity contribution in [3.8, 4) is 34.2 Å². The Bertz CT molecular complexity index is 2510. The summed E-state index contributed by atoms with van der Waals surface area (Å²) in [7, 11) is 0. The van der Waals surface area contributed by atoms with E-state index < -0.39 is 0 Å². The summed E-state index contributed by atoms with van der Waals surface area (Å²) in [5.41, 5.74) is 5.21. The van der Waals surface area contributed by atoms with E-state index >= 15 is 0 Å². The molecule has 0 saturated carbocycles. The Morgan fingerprint density at radius 1 is 0.442 bits per heavy atom. The SMILES string of the molecule is c1ccc(-c2nc(-c3cnc4ccc5ccc6ccccc6c5c4c3)nc(-c3cccc4oc5ccccc5c34)n2)cc1. The molecule has 0 bridgehead atoms. The average molecular weight is 551 g/mol. The van der Waals surface area contributed by atoms with Gasteiger partial charge in [0.15, 0.2) is 17.5 Å². The van der Waals surface area contributed by atoms with Gasteiger partial charge in [0.2, 0.25) is 0 Å². The van der Waals surface area contributed by atoms with E-state index in [1.165, 1.54) is 21.5 Å². The fourth-order valence-electron chi connectivity index (χ4n) is 6.13. The van der Waals surface area contributed by atoms with Crippen molar-refractivity contribution < 1.29 is 4.42 Å². The lowest BCUT2D eigenvalue weighted by Gasteiger charge is -2.11. The van der Waals surface area contributed by atoms with Crippen LogP contribution in [0.5, 0.6) is 0 Å². The number of para-hydroxylation sites is 1. The van der Waals surface area contributed by atoms with Crippen LogP contribution < -0.4 is 0 Å². The minimum Gasteiger partial charge on any atom is -0.456 e. The highest BCUT2D eigenvalue weighted by atomic mass is 16.3. The molecule has 200 valence electrons. The van der Waals surface area contributed by atoms with Crippen LogP contribution in [0.2, 0.25) is 0 Å². The molecule has 0 unspecified atom stereocenters. The Morgan fingerprint density at radius 2 is 1.14 bits per heavy atom. The van der Waals surface area contributed by atoms with E-state index in [-0.39, 0.29) is 0 Å². The van der Waals surface area contributed by atoms with Gasteiger partial charge in [-0.1, -0.05) is 103 Å². The fourth-order valence-corrected chi connectivity index (χ4v) is 6.13. The molecule has 0 N–H and O–H groups in total. The highest BCUT2D eigenvalue weighted by molar-refractivity contribution is 6.20. The van der Waals surface area contributed by atoms with Crippen LogP contribution in [0.3, 0.4) is 0 Å². The van der Waals surface area contributed by atoms with E-state index in [0.717, 1.165) is 49.5 Å². The van der Waals surface area contributed by atoms with Gasteiger partial charge in [-0.3, -0.25) is 4.98 Å². The molecule has 9 aromatic rings. The van der Waals surface area contributed by atoms with Gasteiger partial charge in [0.25, 0.3) is 0 Å². The molecule has 0 atom stereocenters. The molecule has 3 heterocycles. The highest BCUT2D eigenvalue weighted by Crippen LogP contribution is 2.37. The molecule has 5 heteroatoms. The third-order valence-corrected chi connectivity index (χ3v) is 8.14.